The van der Waals surface area contributed by atoms with Crippen molar-refractivity contribution in [3.63, 3.8) is 0 Å². The number of benzene rings is 3. The number of carbonyl (C=O) groups excluding carboxylic acids is 7. The summed E-state index contributed by atoms with van der Waals surface area (Å²) in [6.45, 7) is 13.4. The number of primary amides is 1. The number of halogens is 1. The van der Waals surface area contributed by atoms with Gasteiger partial charge in [-0.25, -0.2) is 4.98 Å². The second-order valence-corrected chi connectivity index (χ2v) is 19.7. The number of aromatic nitrogens is 2. The Balaban J connectivity index is 1.13. The number of nitrogens with zero attached hydrogens (tertiary/aromatic N) is 5. The molecule has 0 saturated carbocycles. The smallest absolute Gasteiger partial charge is 0.261 e. The Bertz CT molecular complexity index is 2720. The van der Waals surface area contributed by atoms with Gasteiger partial charge >= 0.3 is 0 Å². The van der Waals surface area contributed by atoms with Gasteiger partial charge in [0.1, 0.15) is 17.9 Å². The van der Waals surface area contributed by atoms with Crippen LogP contribution in [0.15, 0.2) is 89.7 Å². The molecule has 77 heavy (non-hydrogen) atoms. The number of imide groups is 1. The molecule has 4 aromatic rings. The average molecular weight is 1090 g/mol. The number of amides is 7. The molecule has 4 N–H and O–H groups in total. The molecule has 1 aliphatic rings. The van der Waals surface area contributed by atoms with Crippen LogP contribution in [-0.4, -0.2) is 157 Å². The lowest BCUT2D eigenvalue weighted by Crippen LogP contribution is -2.56. The zero-order valence-electron chi connectivity index (χ0n) is 44.9. The van der Waals surface area contributed by atoms with Crippen LogP contribution in [0.2, 0.25) is 5.02 Å². The van der Waals surface area contributed by atoms with Gasteiger partial charge in [0, 0.05) is 61.8 Å². The number of ether oxygens (including phenoxy) is 4. The summed E-state index contributed by atoms with van der Waals surface area (Å²) in [6.07, 6.45) is 2.48. The molecule has 0 radical (unpaired) electrons. The van der Waals surface area contributed by atoms with Crippen molar-refractivity contribution in [2.45, 2.75) is 85.5 Å². The van der Waals surface area contributed by atoms with Crippen molar-refractivity contribution in [3.8, 4) is 0 Å². The topological polar surface area (TPSA) is 251 Å². The number of nitrogens with two attached hydrogens (primary N) is 1. The monoisotopic (exact) mass is 1080 g/mol. The minimum absolute atomic E-state index is 0.00320. The van der Waals surface area contributed by atoms with Crippen LogP contribution >= 0.6 is 11.6 Å². The number of hydrogen-bond donors (Lipinski definition) is 3. The minimum Gasteiger partial charge on any atom is -0.379 e. The standard InChI is InChI=1S/C56H73ClN8O12/c1-37(2)50(61-47(67)22-27-74-29-31-76-33-34-77-32-30-75-28-23-59-46(66)21-26-63-48(68)19-20-49(63)69)56(73)62(40(6)52(58)70)24-10-25-64(54(71)42-15-13-39(5)14-16-42)51(38(3)4)53-60-45-35-43(57)17-18-44(45)55(72)65(53)36-41-11-8-7-9-12-41/h7-9,11-20,35,37-38,40,50-51H,10,21-34,36H2,1-6H3,(H2,58,70)(H,59,66)(H,61,67)/t40-,50-,51+/m0/s1. The maximum atomic E-state index is 14.9. The van der Waals surface area contributed by atoms with Crippen LogP contribution in [-0.2, 0) is 54.3 Å². The first-order valence-corrected chi connectivity index (χ1v) is 26.4. The fraction of sp³-hybridized carbons (Fsp3) is 0.482. The Morgan fingerprint density at radius 1 is 0.714 bits per heavy atom. The van der Waals surface area contributed by atoms with Crippen LogP contribution in [0.3, 0.4) is 0 Å². The second-order valence-electron chi connectivity index (χ2n) is 19.3. The number of rotatable bonds is 33. The summed E-state index contributed by atoms with van der Waals surface area (Å²) in [5, 5.41) is 6.27. The Morgan fingerprint density at radius 2 is 1.31 bits per heavy atom. The molecule has 416 valence electrons. The van der Waals surface area contributed by atoms with Crippen LogP contribution in [0.1, 0.15) is 87.2 Å². The third-order valence-electron chi connectivity index (χ3n) is 12.8. The molecule has 0 unspecified atom stereocenters. The Labute approximate surface area is 454 Å². The van der Waals surface area contributed by atoms with E-state index in [2.05, 4.69) is 10.6 Å². The quantitative estimate of drug-likeness (QED) is 0.0444. The average Bonchev–Trinajstić information content (AvgIpc) is 3.72. The molecule has 2 heterocycles. The number of aryl methyl sites for hydroxylation is 1. The van der Waals surface area contributed by atoms with Crippen molar-refractivity contribution in [3.05, 3.63) is 123 Å². The zero-order chi connectivity index (χ0) is 56.0. The first-order chi connectivity index (χ1) is 36.9. The normalized spacial score (nSPS) is 13.5. The lowest BCUT2D eigenvalue weighted by molar-refractivity contribution is -0.143. The van der Waals surface area contributed by atoms with Gasteiger partial charge in [-0.15, -0.1) is 0 Å². The summed E-state index contributed by atoms with van der Waals surface area (Å²) in [7, 11) is 0. The van der Waals surface area contributed by atoms with E-state index in [0.717, 1.165) is 16.0 Å². The molecule has 21 heteroatoms. The fourth-order valence-corrected chi connectivity index (χ4v) is 8.69. The predicted octanol–water partition coefficient (Wildman–Crippen LogP) is 4.37. The summed E-state index contributed by atoms with van der Waals surface area (Å²) in [5.74, 6) is -3.50. The summed E-state index contributed by atoms with van der Waals surface area (Å²) in [6, 6.07) is 18.8. The molecule has 5 rings (SSSR count). The van der Waals surface area contributed by atoms with E-state index in [1.807, 2.05) is 63.2 Å². The molecule has 7 amide bonds. The highest BCUT2D eigenvalue weighted by Gasteiger charge is 2.36. The van der Waals surface area contributed by atoms with Gasteiger partial charge in [0.25, 0.3) is 23.3 Å². The van der Waals surface area contributed by atoms with Crippen LogP contribution in [0, 0.1) is 18.8 Å². The third kappa shape index (κ3) is 18.4. The van der Waals surface area contributed by atoms with Crippen molar-refractivity contribution in [2.24, 2.45) is 17.6 Å². The Morgan fingerprint density at radius 3 is 1.91 bits per heavy atom. The number of carbonyl (C=O) groups is 7. The lowest BCUT2D eigenvalue weighted by Gasteiger charge is -2.37. The van der Waals surface area contributed by atoms with E-state index in [4.69, 9.17) is 41.3 Å². The molecule has 3 atom stereocenters. The molecular weight excluding hydrogens is 1010 g/mol. The highest BCUT2D eigenvalue weighted by atomic mass is 35.5. The maximum absolute atomic E-state index is 14.9. The summed E-state index contributed by atoms with van der Waals surface area (Å²) >= 11 is 6.44. The lowest BCUT2D eigenvalue weighted by atomic mass is 9.98. The van der Waals surface area contributed by atoms with Gasteiger partial charge in [-0.05, 0) is 68.0 Å². The number of hydrogen-bond acceptors (Lipinski definition) is 13. The van der Waals surface area contributed by atoms with Gasteiger partial charge in [0.05, 0.1) is 76.3 Å². The molecule has 0 saturated heterocycles. The fourth-order valence-electron chi connectivity index (χ4n) is 8.52. The Hall–Kier alpha value is -6.84. The van der Waals surface area contributed by atoms with Gasteiger partial charge in [0.2, 0.25) is 23.6 Å². The molecule has 3 aromatic carbocycles. The first-order valence-electron chi connectivity index (χ1n) is 26.0. The highest BCUT2D eigenvalue weighted by Crippen LogP contribution is 2.31. The van der Waals surface area contributed by atoms with Gasteiger partial charge < -0.3 is 45.1 Å². The summed E-state index contributed by atoms with van der Waals surface area (Å²) in [5.41, 5.74) is 8.15. The SMILES string of the molecule is Cc1ccc(C(=O)N(CCCN(C(=O)[C@@H](NC(=O)CCOCCOCCOCCOCCNC(=O)CCN2C(=O)C=CC2=O)C(C)C)[C@@H](C)C(N)=O)[C@@H](c2nc3cc(Cl)ccc3c(=O)n2Cc2ccccc2)C(C)C)cc1. The largest absolute Gasteiger partial charge is 0.379 e. The van der Waals surface area contributed by atoms with E-state index in [-0.39, 0.29) is 108 Å². The van der Waals surface area contributed by atoms with Crippen molar-refractivity contribution in [1.29, 1.82) is 0 Å². The van der Waals surface area contributed by atoms with E-state index in [1.165, 1.54) is 24.0 Å². The van der Waals surface area contributed by atoms with Crippen molar-refractivity contribution < 1.29 is 52.5 Å². The van der Waals surface area contributed by atoms with Crippen molar-refractivity contribution in [2.75, 3.05) is 79.0 Å². The third-order valence-corrected chi connectivity index (χ3v) is 13.0. The van der Waals surface area contributed by atoms with Crippen LogP contribution < -0.4 is 21.9 Å². The van der Waals surface area contributed by atoms with Crippen LogP contribution in [0.5, 0.6) is 0 Å². The summed E-state index contributed by atoms with van der Waals surface area (Å²) < 4.78 is 23.7. The molecule has 0 fully saturated rings. The van der Waals surface area contributed by atoms with Gasteiger partial charge in [-0.3, -0.25) is 47.8 Å². The van der Waals surface area contributed by atoms with E-state index in [9.17, 15) is 38.4 Å². The van der Waals surface area contributed by atoms with Gasteiger partial charge in [0.15, 0.2) is 0 Å². The molecule has 20 nitrogen and oxygen atoms in total. The van der Waals surface area contributed by atoms with Gasteiger partial charge in [-0.2, -0.15) is 0 Å². The van der Waals surface area contributed by atoms with Gasteiger partial charge in [-0.1, -0.05) is 87.3 Å². The molecule has 0 aliphatic carbocycles. The van der Waals surface area contributed by atoms with E-state index < -0.39 is 47.7 Å². The predicted molar refractivity (Wildman–Crippen MR) is 289 cm³/mol. The molecule has 0 spiro atoms. The molecular formula is C56H73ClN8O12. The molecule has 0 bridgehead atoms. The van der Waals surface area contributed by atoms with E-state index in [0.29, 0.717) is 53.7 Å². The zero-order valence-corrected chi connectivity index (χ0v) is 45.6. The maximum Gasteiger partial charge on any atom is 0.261 e. The summed E-state index contributed by atoms with van der Waals surface area (Å²) in [4.78, 5) is 114. The number of nitrogens with one attached hydrogen (secondary N) is 2. The van der Waals surface area contributed by atoms with Crippen molar-refractivity contribution >= 4 is 63.9 Å². The van der Waals surface area contributed by atoms with Crippen LogP contribution in [0.25, 0.3) is 10.9 Å². The first kappa shape index (κ1) is 61.0. The van der Waals surface area contributed by atoms with Crippen LogP contribution in [0.4, 0.5) is 0 Å². The molecule has 1 aromatic heterocycles. The van der Waals surface area contributed by atoms with E-state index in [1.54, 1.807) is 53.6 Å². The van der Waals surface area contributed by atoms with Crippen molar-refractivity contribution in [1.82, 2.24) is 34.9 Å². The Kier molecular flexibility index (Phi) is 24.4. The molecule has 1 aliphatic heterocycles. The van der Waals surface area contributed by atoms with E-state index >= 15 is 0 Å². The minimum atomic E-state index is -1.07. The highest BCUT2D eigenvalue weighted by molar-refractivity contribution is 6.31. The second kappa shape index (κ2) is 30.8. The number of fused-ring (bicyclic) bond motifs is 1.